The summed E-state index contributed by atoms with van der Waals surface area (Å²) in [5.74, 6) is 0.962. The van der Waals surface area contributed by atoms with Crippen molar-refractivity contribution in [1.29, 1.82) is 0 Å². The summed E-state index contributed by atoms with van der Waals surface area (Å²) >= 11 is 0. The van der Waals surface area contributed by atoms with E-state index >= 15 is 0 Å². The zero-order valence-electron chi connectivity index (χ0n) is 11.4. The third kappa shape index (κ3) is 5.04. The summed E-state index contributed by atoms with van der Waals surface area (Å²) in [6.07, 6.45) is 3.27. The second-order valence-electron chi connectivity index (χ2n) is 5.27. The van der Waals surface area contributed by atoms with Crippen molar-refractivity contribution in [3.05, 3.63) is 0 Å². The number of esters is 1. The van der Waals surface area contributed by atoms with Crippen LogP contribution in [0.1, 0.15) is 33.1 Å². The first-order valence-corrected chi connectivity index (χ1v) is 6.41. The standard InChI is InChI=1S/C13H25NO3/c1-9(2)7-11(13(15)17-4)14-12(8-16-3)10-5-6-10/h9-12,14H,5-8H2,1-4H3. The molecule has 17 heavy (non-hydrogen) atoms. The number of methoxy groups -OCH3 is 2. The quantitative estimate of drug-likeness (QED) is 0.658. The van der Waals surface area contributed by atoms with Crippen LogP contribution in [0.3, 0.4) is 0 Å². The van der Waals surface area contributed by atoms with Gasteiger partial charge in [0.05, 0.1) is 13.7 Å². The Morgan fingerprint density at radius 3 is 2.41 bits per heavy atom. The molecular formula is C13H25NO3. The van der Waals surface area contributed by atoms with Gasteiger partial charge in [0.1, 0.15) is 6.04 Å². The fraction of sp³-hybridized carbons (Fsp3) is 0.923. The SMILES string of the molecule is COCC(NC(CC(C)C)C(=O)OC)C1CC1. The van der Waals surface area contributed by atoms with Crippen LogP contribution in [0.4, 0.5) is 0 Å². The Bertz CT molecular complexity index is 239. The third-order valence-corrected chi connectivity index (χ3v) is 3.15. The van der Waals surface area contributed by atoms with Crippen molar-refractivity contribution in [2.45, 2.75) is 45.2 Å². The maximum Gasteiger partial charge on any atom is 0.322 e. The van der Waals surface area contributed by atoms with Crippen molar-refractivity contribution in [3.63, 3.8) is 0 Å². The molecule has 0 aromatic heterocycles. The molecule has 0 aromatic rings. The molecule has 1 saturated carbocycles. The van der Waals surface area contributed by atoms with Gasteiger partial charge in [-0.3, -0.25) is 10.1 Å². The molecule has 0 amide bonds. The predicted molar refractivity (Wildman–Crippen MR) is 66.8 cm³/mol. The molecule has 0 heterocycles. The first kappa shape index (κ1) is 14.5. The van der Waals surface area contributed by atoms with Gasteiger partial charge in [-0.25, -0.2) is 0 Å². The lowest BCUT2D eigenvalue weighted by Crippen LogP contribution is -2.47. The van der Waals surface area contributed by atoms with Crippen LogP contribution >= 0.6 is 0 Å². The maximum atomic E-state index is 11.7. The average molecular weight is 243 g/mol. The zero-order valence-corrected chi connectivity index (χ0v) is 11.4. The summed E-state index contributed by atoms with van der Waals surface area (Å²) in [6.45, 7) is 4.89. The number of hydrogen-bond donors (Lipinski definition) is 1. The van der Waals surface area contributed by atoms with Crippen molar-refractivity contribution in [2.24, 2.45) is 11.8 Å². The number of nitrogens with one attached hydrogen (secondary N) is 1. The smallest absolute Gasteiger partial charge is 0.322 e. The second-order valence-corrected chi connectivity index (χ2v) is 5.27. The normalized spacial score (nSPS) is 19.1. The fourth-order valence-corrected chi connectivity index (χ4v) is 2.10. The van der Waals surface area contributed by atoms with Crippen LogP contribution in [-0.2, 0) is 14.3 Å². The van der Waals surface area contributed by atoms with Crippen molar-refractivity contribution < 1.29 is 14.3 Å². The van der Waals surface area contributed by atoms with E-state index in [1.807, 2.05) is 0 Å². The summed E-state index contributed by atoms with van der Waals surface area (Å²) < 4.78 is 10.1. The summed E-state index contributed by atoms with van der Waals surface area (Å²) in [6, 6.07) is 0.0728. The second kappa shape index (κ2) is 6.97. The van der Waals surface area contributed by atoms with Gasteiger partial charge in [-0.15, -0.1) is 0 Å². The molecule has 1 aliphatic rings. The van der Waals surface area contributed by atoms with Crippen LogP contribution in [0.25, 0.3) is 0 Å². The average Bonchev–Trinajstić information content (AvgIpc) is 3.09. The Labute approximate surface area is 104 Å². The van der Waals surface area contributed by atoms with Crippen molar-refractivity contribution >= 4 is 5.97 Å². The van der Waals surface area contributed by atoms with E-state index in [9.17, 15) is 4.79 Å². The van der Waals surface area contributed by atoms with E-state index in [-0.39, 0.29) is 18.1 Å². The van der Waals surface area contributed by atoms with E-state index in [2.05, 4.69) is 19.2 Å². The molecule has 1 rings (SSSR count). The van der Waals surface area contributed by atoms with E-state index < -0.39 is 0 Å². The highest BCUT2D eigenvalue weighted by Crippen LogP contribution is 2.33. The largest absolute Gasteiger partial charge is 0.468 e. The Morgan fingerprint density at radius 2 is 2.00 bits per heavy atom. The van der Waals surface area contributed by atoms with Crippen LogP contribution in [-0.4, -0.2) is 38.9 Å². The zero-order chi connectivity index (χ0) is 12.8. The van der Waals surface area contributed by atoms with Gasteiger partial charge in [0.25, 0.3) is 0 Å². The molecule has 0 bridgehead atoms. The van der Waals surface area contributed by atoms with Crippen LogP contribution in [0.15, 0.2) is 0 Å². The van der Waals surface area contributed by atoms with Gasteiger partial charge >= 0.3 is 5.97 Å². The lowest BCUT2D eigenvalue weighted by atomic mass is 10.0. The molecule has 0 aliphatic heterocycles. The minimum absolute atomic E-state index is 0.166. The molecule has 1 aliphatic carbocycles. The minimum atomic E-state index is -0.208. The van der Waals surface area contributed by atoms with Gasteiger partial charge in [0.15, 0.2) is 0 Å². The first-order valence-electron chi connectivity index (χ1n) is 6.41. The van der Waals surface area contributed by atoms with Crippen LogP contribution in [0.2, 0.25) is 0 Å². The van der Waals surface area contributed by atoms with E-state index in [0.29, 0.717) is 18.4 Å². The number of carbonyl (C=O) groups is 1. The first-order chi connectivity index (χ1) is 8.08. The van der Waals surface area contributed by atoms with Crippen molar-refractivity contribution in [2.75, 3.05) is 20.8 Å². The Balaban J connectivity index is 2.52. The minimum Gasteiger partial charge on any atom is -0.468 e. The van der Waals surface area contributed by atoms with E-state index in [1.165, 1.54) is 20.0 Å². The highest BCUT2D eigenvalue weighted by Gasteiger charge is 2.34. The number of rotatable bonds is 8. The van der Waals surface area contributed by atoms with Gasteiger partial charge in [-0.05, 0) is 31.1 Å². The number of carbonyl (C=O) groups excluding carboxylic acids is 1. The molecule has 0 aromatic carbocycles. The Morgan fingerprint density at radius 1 is 1.35 bits per heavy atom. The van der Waals surface area contributed by atoms with Crippen molar-refractivity contribution in [1.82, 2.24) is 5.32 Å². The van der Waals surface area contributed by atoms with Crippen LogP contribution in [0.5, 0.6) is 0 Å². The molecule has 100 valence electrons. The lowest BCUT2D eigenvalue weighted by Gasteiger charge is -2.24. The van der Waals surface area contributed by atoms with Gasteiger partial charge in [0.2, 0.25) is 0 Å². The summed E-state index contributed by atoms with van der Waals surface area (Å²) in [4.78, 5) is 11.7. The highest BCUT2D eigenvalue weighted by molar-refractivity contribution is 5.75. The molecule has 0 saturated heterocycles. The van der Waals surface area contributed by atoms with E-state index in [4.69, 9.17) is 9.47 Å². The molecular weight excluding hydrogens is 218 g/mol. The Hall–Kier alpha value is -0.610. The maximum absolute atomic E-state index is 11.7. The van der Waals surface area contributed by atoms with Gasteiger partial charge in [-0.1, -0.05) is 13.8 Å². The van der Waals surface area contributed by atoms with E-state index in [1.54, 1.807) is 7.11 Å². The third-order valence-electron chi connectivity index (χ3n) is 3.15. The van der Waals surface area contributed by atoms with E-state index in [0.717, 1.165) is 6.42 Å². The molecule has 4 nitrogen and oxygen atoms in total. The summed E-state index contributed by atoms with van der Waals surface area (Å²) in [5, 5.41) is 3.40. The highest BCUT2D eigenvalue weighted by atomic mass is 16.5. The predicted octanol–water partition coefficient (Wildman–Crippen LogP) is 1.59. The molecule has 2 atom stereocenters. The van der Waals surface area contributed by atoms with Gasteiger partial charge in [0, 0.05) is 13.2 Å². The molecule has 0 radical (unpaired) electrons. The fourth-order valence-electron chi connectivity index (χ4n) is 2.10. The monoisotopic (exact) mass is 243 g/mol. The lowest BCUT2D eigenvalue weighted by molar-refractivity contribution is -0.144. The van der Waals surface area contributed by atoms with Crippen LogP contribution < -0.4 is 5.32 Å². The number of hydrogen-bond acceptors (Lipinski definition) is 4. The van der Waals surface area contributed by atoms with Crippen molar-refractivity contribution in [3.8, 4) is 0 Å². The number of ether oxygens (including phenoxy) is 2. The van der Waals surface area contributed by atoms with Crippen LogP contribution in [0, 0.1) is 11.8 Å². The molecule has 2 unspecified atom stereocenters. The van der Waals surface area contributed by atoms with Gasteiger partial charge < -0.3 is 9.47 Å². The molecule has 0 spiro atoms. The molecule has 1 N–H and O–H groups in total. The summed E-state index contributed by atoms with van der Waals surface area (Å²) in [5.41, 5.74) is 0. The summed E-state index contributed by atoms with van der Waals surface area (Å²) in [7, 11) is 3.15. The topological polar surface area (TPSA) is 47.6 Å². The Kier molecular flexibility index (Phi) is 5.92. The molecule has 1 fully saturated rings. The molecule has 4 heteroatoms. The van der Waals surface area contributed by atoms with Gasteiger partial charge in [-0.2, -0.15) is 0 Å².